The van der Waals surface area contributed by atoms with Gasteiger partial charge in [-0.3, -0.25) is 5.43 Å². The van der Waals surface area contributed by atoms with E-state index in [1.54, 1.807) is 22.7 Å². The van der Waals surface area contributed by atoms with Gasteiger partial charge in [-0.25, -0.2) is 4.98 Å². The van der Waals surface area contributed by atoms with Crippen LogP contribution in [-0.4, -0.2) is 10.7 Å². The first-order chi connectivity index (χ1) is 10.2. The molecule has 0 aliphatic carbocycles. The summed E-state index contributed by atoms with van der Waals surface area (Å²) >= 11 is 5.54. The van der Waals surface area contributed by atoms with Crippen molar-refractivity contribution in [1.29, 1.82) is 0 Å². The lowest BCUT2D eigenvalue weighted by molar-refractivity contribution is 1.27. The van der Waals surface area contributed by atoms with E-state index in [2.05, 4.69) is 68.4 Å². The third-order valence-corrected chi connectivity index (χ3v) is 5.29. The molecule has 0 bridgehead atoms. The van der Waals surface area contributed by atoms with Gasteiger partial charge >= 0.3 is 0 Å². The van der Waals surface area contributed by atoms with E-state index in [4.69, 9.17) is 0 Å². The molecule has 0 saturated heterocycles. The van der Waals surface area contributed by atoms with Gasteiger partial charge in [-0.1, -0.05) is 18.2 Å². The molecule has 3 aromatic rings. The number of hydrazone groups is 1. The van der Waals surface area contributed by atoms with E-state index in [1.165, 1.54) is 3.57 Å². The van der Waals surface area contributed by atoms with E-state index in [0.29, 0.717) is 0 Å². The Hall–Kier alpha value is -1.25. The summed E-state index contributed by atoms with van der Waals surface area (Å²) in [6, 6.07) is 12.4. The van der Waals surface area contributed by atoms with Crippen LogP contribution in [0, 0.1) is 3.57 Å². The Labute approximate surface area is 144 Å². The van der Waals surface area contributed by atoms with Crippen LogP contribution >= 0.6 is 45.3 Å². The molecule has 3 rings (SSSR count). The second-order valence-electron chi connectivity index (χ2n) is 4.33. The molecule has 1 aromatic carbocycles. The van der Waals surface area contributed by atoms with Gasteiger partial charge < -0.3 is 0 Å². The number of benzene rings is 1. The zero-order valence-corrected chi connectivity index (χ0v) is 15.0. The minimum Gasteiger partial charge on any atom is -0.252 e. The second-order valence-corrected chi connectivity index (χ2v) is 7.38. The number of aromatic nitrogens is 1. The fourth-order valence-electron chi connectivity index (χ4n) is 1.75. The number of rotatable bonds is 4. The highest BCUT2D eigenvalue weighted by Gasteiger charge is 2.04. The van der Waals surface area contributed by atoms with Crippen molar-refractivity contribution >= 4 is 56.1 Å². The Morgan fingerprint density at radius 3 is 2.71 bits per heavy atom. The molecule has 0 atom stereocenters. The first-order valence-corrected chi connectivity index (χ1v) is 9.12. The Morgan fingerprint density at radius 1 is 1.19 bits per heavy atom. The second kappa shape index (κ2) is 6.67. The lowest BCUT2D eigenvalue weighted by Gasteiger charge is -1.98. The van der Waals surface area contributed by atoms with Crippen LogP contribution in [0.1, 0.15) is 11.8 Å². The van der Waals surface area contributed by atoms with Gasteiger partial charge in [-0.15, -0.1) is 22.7 Å². The van der Waals surface area contributed by atoms with Crippen LogP contribution in [-0.2, 0) is 0 Å². The molecule has 0 unspecified atom stereocenters. The van der Waals surface area contributed by atoms with E-state index in [9.17, 15) is 0 Å². The van der Waals surface area contributed by atoms with Crippen LogP contribution in [0.15, 0.2) is 52.3 Å². The van der Waals surface area contributed by atoms with Crippen molar-refractivity contribution in [2.75, 3.05) is 5.43 Å². The number of anilines is 1. The number of nitrogens with zero attached hydrogens (tertiary/aromatic N) is 2. The molecule has 6 heteroatoms. The minimum atomic E-state index is 0.805. The summed E-state index contributed by atoms with van der Waals surface area (Å²) < 4.78 is 1.22. The maximum absolute atomic E-state index is 4.56. The van der Waals surface area contributed by atoms with Crippen LogP contribution in [0.3, 0.4) is 0 Å². The molecule has 2 heterocycles. The average molecular weight is 425 g/mol. The zero-order valence-electron chi connectivity index (χ0n) is 11.2. The molecule has 0 fully saturated rings. The van der Waals surface area contributed by atoms with Crippen molar-refractivity contribution in [2.24, 2.45) is 5.10 Å². The van der Waals surface area contributed by atoms with Gasteiger partial charge in [0.2, 0.25) is 5.13 Å². The molecule has 0 aliphatic heterocycles. The van der Waals surface area contributed by atoms with Gasteiger partial charge in [-0.05, 0) is 53.1 Å². The number of nitrogens with one attached hydrogen (secondary N) is 1. The van der Waals surface area contributed by atoms with Crippen molar-refractivity contribution < 1.29 is 0 Å². The topological polar surface area (TPSA) is 37.3 Å². The van der Waals surface area contributed by atoms with Gasteiger partial charge in [0.15, 0.2) is 0 Å². The van der Waals surface area contributed by atoms with Crippen molar-refractivity contribution in [2.45, 2.75) is 6.92 Å². The highest BCUT2D eigenvalue weighted by Crippen LogP contribution is 2.25. The van der Waals surface area contributed by atoms with Crippen molar-refractivity contribution in [1.82, 2.24) is 4.98 Å². The van der Waals surface area contributed by atoms with Crippen LogP contribution < -0.4 is 5.43 Å². The number of halogens is 1. The summed E-state index contributed by atoms with van der Waals surface area (Å²) in [5.74, 6) is 0. The largest absolute Gasteiger partial charge is 0.252 e. The molecule has 1 N–H and O–H groups in total. The molecule has 0 radical (unpaired) electrons. The lowest BCUT2D eigenvalue weighted by Crippen LogP contribution is -1.96. The first kappa shape index (κ1) is 14.7. The maximum atomic E-state index is 4.56. The standard InChI is InChI=1S/C15H12IN3S2/c1-10(14-3-2-8-20-14)18-19-15-17-13(9-21-15)11-4-6-12(16)7-5-11/h2-9H,1H3,(H,17,19)/b18-10+. The van der Waals surface area contributed by atoms with Gasteiger partial charge in [0.05, 0.1) is 11.4 Å². The van der Waals surface area contributed by atoms with Crippen molar-refractivity contribution in [3.63, 3.8) is 0 Å². The van der Waals surface area contributed by atoms with E-state index in [-0.39, 0.29) is 0 Å². The summed E-state index contributed by atoms with van der Waals surface area (Å²) in [4.78, 5) is 5.73. The van der Waals surface area contributed by atoms with Gasteiger partial charge in [-0.2, -0.15) is 5.10 Å². The fourth-order valence-corrected chi connectivity index (χ4v) is 3.45. The average Bonchev–Trinajstić information content (AvgIpc) is 3.17. The van der Waals surface area contributed by atoms with Crippen LogP contribution in [0.5, 0.6) is 0 Å². The van der Waals surface area contributed by atoms with Gasteiger partial charge in [0.25, 0.3) is 0 Å². The third kappa shape index (κ3) is 3.69. The van der Waals surface area contributed by atoms with Gasteiger partial charge in [0.1, 0.15) is 0 Å². The highest BCUT2D eigenvalue weighted by atomic mass is 127. The third-order valence-electron chi connectivity index (χ3n) is 2.84. The van der Waals surface area contributed by atoms with Crippen LogP contribution in [0.2, 0.25) is 0 Å². The SMILES string of the molecule is C/C(=N\Nc1nc(-c2ccc(I)cc2)cs1)c1cccs1. The smallest absolute Gasteiger partial charge is 0.203 e. The Morgan fingerprint density at radius 2 is 2.00 bits per heavy atom. The predicted molar refractivity (Wildman–Crippen MR) is 100 cm³/mol. The maximum Gasteiger partial charge on any atom is 0.203 e. The molecule has 106 valence electrons. The molecular weight excluding hydrogens is 413 g/mol. The van der Waals surface area contributed by atoms with E-state index < -0.39 is 0 Å². The Bertz CT molecular complexity index is 746. The van der Waals surface area contributed by atoms with Crippen LogP contribution in [0.25, 0.3) is 11.3 Å². The molecule has 3 nitrogen and oxygen atoms in total. The number of thiophene rings is 1. The molecule has 0 aliphatic rings. The van der Waals surface area contributed by atoms with Gasteiger partial charge in [0, 0.05) is 19.4 Å². The van der Waals surface area contributed by atoms with E-state index >= 15 is 0 Å². The highest BCUT2D eigenvalue weighted by molar-refractivity contribution is 14.1. The molecule has 0 saturated carbocycles. The van der Waals surface area contributed by atoms with E-state index in [0.717, 1.165) is 27.0 Å². The molecular formula is C15H12IN3S2. The van der Waals surface area contributed by atoms with E-state index in [1.807, 2.05) is 23.8 Å². The number of hydrogen-bond donors (Lipinski definition) is 1. The summed E-state index contributed by atoms with van der Waals surface area (Å²) in [5, 5.41) is 9.28. The van der Waals surface area contributed by atoms with Crippen molar-refractivity contribution in [3.8, 4) is 11.3 Å². The first-order valence-electron chi connectivity index (χ1n) is 6.28. The predicted octanol–water partition coefficient (Wildman–Crippen LogP) is 5.31. The normalized spacial score (nSPS) is 11.6. The minimum absolute atomic E-state index is 0.805. The summed E-state index contributed by atoms with van der Waals surface area (Å²) in [6.07, 6.45) is 0. The fraction of sp³-hybridized carbons (Fsp3) is 0.0667. The quantitative estimate of drug-likeness (QED) is 0.349. The number of thiazole rings is 1. The Balaban J connectivity index is 1.73. The molecule has 21 heavy (non-hydrogen) atoms. The number of hydrogen-bond acceptors (Lipinski definition) is 5. The molecule has 0 amide bonds. The lowest BCUT2D eigenvalue weighted by atomic mass is 10.2. The summed E-state index contributed by atoms with van der Waals surface area (Å²) in [6.45, 7) is 1.99. The zero-order chi connectivity index (χ0) is 14.7. The monoisotopic (exact) mass is 425 g/mol. The molecule has 0 spiro atoms. The van der Waals surface area contributed by atoms with Crippen LogP contribution in [0.4, 0.5) is 5.13 Å². The van der Waals surface area contributed by atoms with Crippen molar-refractivity contribution in [3.05, 3.63) is 55.6 Å². The molecule has 2 aromatic heterocycles. The Kier molecular flexibility index (Phi) is 4.67. The summed E-state index contributed by atoms with van der Waals surface area (Å²) in [7, 11) is 0. The summed E-state index contributed by atoms with van der Waals surface area (Å²) in [5.41, 5.74) is 6.10.